The van der Waals surface area contributed by atoms with E-state index < -0.39 is 13.3 Å². The van der Waals surface area contributed by atoms with Gasteiger partial charge in [0.15, 0.2) is 0 Å². The molecule has 0 aliphatic carbocycles. The van der Waals surface area contributed by atoms with Gasteiger partial charge in [-0.1, -0.05) is 12.1 Å². The Morgan fingerprint density at radius 2 is 1.93 bits per heavy atom. The molecule has 0 aliphatic rings. The number of para-hydroxylation sites is 1. The van der Waals surface area contributed by atoms with Gasteiger partial charge in [0.2, 0.25) is 0 Å². The molecule has 5 nitrogen and oxygen atoms in total. The van der Waals surface area contributed by atoms with Crippen LogP contribution in [0.25, 0.3) is 0 Å². The Labute approximate surface area is 104 Å². The van der Waals surface area contributed by atoms with E-state index in [1.165, 1.54) is 24.3 Å². The van der Waals surface area contributed by atoms with E-state index in [0.717, 1.165) is 0 Å². The van der Waals surface area contributed by atoms with Gasteiger partial charge in [0, 0.05) is 0 Å². The maximum Gasteiger partial charge on any atom is 1.00 e. The van der Waals surface area contributed by atoms with Crippen molar-refractivity contribution >= 4 is 13.3 Å². The molecule has 3 N–H and O–H groups in total. The molecule has 0 bridgehead atoms. The second-order valence-electron chi connectivity index (χ2n) is 2.25. The largest absolute Gasteiger partial charge is 1.00 e. The fourth-order valence-corrected chi connectivity index (χ4v) is 0.860. The van der Waals surface area contributed by atoms with Crippen molar-refractivity contribution in [2.24, 2.45) is 0 Å². The molecule has 0 radical (unpaired) electrons. The van der Waals surface area contributed by atoms with Gasteiger partial charge >= 0.3 is 42.8 Å². The van der Waals surface area contributed by atoms with Crippen LogP contribution < -0.4 is 34.2 Å². The summed E-state index contributed by atoms with van der Waals surface area (Å²) in [5, 5.41) is 25.5. The molecule has 0 fully saturated rings. The van der Waals surface area contributed by atoms with Gasteiger partial charge in [-0.3, -0.25) is 0 Å². The number of carboxylic acid groups (broad SMARTS) is 1. The van der Waals surface area contributed by atoms with Gasteiger partial charge in [0.05, 0.1) is 5.56 Å². The van der Waals surface area contributed by atoms with Gasteiger partial charge in [-0.2, -0.15) is 0 Å². The maximum atomic E-state index is 10.6. The molecule has 1 rings (SSSR count). The van der Waals surface area contributed by atoms with Crippen LogP contribution >= 0.6 is 0 Å². The van der Waals surface area contributed by atoms with E-state index in [4.69, 9.17) is 15.2 Å². The van der Waals surface area contributed by atoms with Crippen molar-refractivity contribution < 1.29 is 55.6 Å². The molecule has 0 heterocycles. The first-order chi connectivity index (χ1) is 6.11. The molecule has 0 aromatic heterocycles. The summed E-state index contributed by atoms with van der Waals surface area (Å²) >= 11 is 0. The Kier molecular flexibility index (Phi) is 5.82. The van der Waals surface area contributed by atoms with E-state index in [1.807, 2.05) is 0 Å². The van der Waals surface area contributed by atoms with Gasteiger partial charge < -0.3 is 21.2 Å². The molecule has 0 unspecified atom stereocenters. The number of hydrogen-bond acceptors (Lipinski definition) is 4. The summed E-state index contributed by atoms with van der Waals surface area (Å²) in [5.41, 5.74) is -0.115. The quantitative estimate of drug-likeness (QED) is 0.454. The van der Waals surface area contributed by atoms with Crippen molar-refractivity contribution in [3.05, 3.63) is 29.8 Å². The van der Waals surface area contributed by atoms with E-state index in [-0.39, 0.29) is 42.3 Å². The Hall–Kier alpha value is -0.525. The van der Waals surface area contributed by atoms with Crippen molar-refractivity contribution in [1.29, 1.82) is 0 Å². The molecule has 0 saturated heterocycles. The zero-order chi connectivity index (χ0) is 9.84. The smallest absolute Gasteiger partial charge is 1.00 e. The van der Waals surface area contributed by atoms with Gasteiger partial charge in [-0.25, -0.2) is 4.79 Å². The van der Waals surface area contributed by atoms with Crippen molar-refractivity contribution in [2.75, 3.05) is 0 Å². The van der Waals surface area contributed by atoms with Gasteiger partial charge in [0.1, 0.15) is 5.75 Å². The number of hydrogen-bond donors (Lipinski definition) is 3. The number of carboxylic acids is 1. The first kappa shape index (κ1) is 13.5. The molecule has 0 amide bonds. The van der Waals surface area contributed by atoms with Gasteiger partial charge in [-0.15, -0.1) is 0 Å². The second kappa shape index (κ2) is 6.05. The third kappa shape index (κ3) is 3.69. The van der Waals surface area contributed by atoms with Crippen LogP contribution in [0.4, 0.5) is 0 Å². The first-order valence-corrected chi connectivity index (χ1v) is 3.46. The average Bonchev–Trinajstić information content (AvgIpc) is 2.03. The Morgan fingerprint density at radius 1 is 1.36 bits per heavy atom. The number of carbonyl (C=O) groups is 1. The second-order valence-corrected chi connectivity index (χ2v) is 2.25. The summed E-state index contributed by atoms with van der Waals surface area (Å²) in [6.07, 6.45) is 0. The molecule has 0 saturated carbocycles. The SMILES string of the molecule is O=C(O)c1ccccc1OB(O)O.[H-].[Na+]. The molecule has 70 valence electrons. The summed E-state index contributed by atoms with van der Waals surface area (Å²) in [7, 11) is -2.01. The molecular weight excluding hydrogens is 198 g/mol. The van der Waals surface area contributed by atoms with Crippen LogP contribution in [0.5, 0.6) is 5.75 Å². The predicted octanol–water partition coefficient (Wildman–Crippen LogP) is -3.15. The van der Waals surface area contributed by atoms with Crippen LogP contribution in [0.1, 0.15) is 11.8 Å². The zero-order valence-electron chi connectivity index (χ0n) is 8.54. The summed E-state index contributed by atoms with van der Waals surface area (Å²) in [6.45, 7) is 0. The fourth-order valence-electron chi connectivity index (χ4n) is 0.860. The number of rotatable bonds is 3. The van der Waals surface area contributed by atoms with Crippen LogP contribution in [0.3, 0.4) is 0 Å². The molecule has 1 aromatic rings. The molecule has 0 spiro atoms. The molecule has 0 atom stereocenters. The van der Waals surface area contributed by atoms with Crippen LogP contribution in [0.2, 0.25) is 0 Å². The topological polar surface area (TPSA) is 87.0 Å². The van der Waals surface area contributed by atoms with E-state index in [1.54, 1.807) is 0 Å². The van der Waals surface area contributed by atoms with Gasteiger partial charge in [-0.05, 0) is 12.1 Å². The standard InChI is InChI=1S/C7H7BO5.Na.H/c9-7(10)5-3-1-2-4-6(5)13-8(11)12;;/h1-4,11-12H,(H,9,10);;/q;+1;-1. The van der Waals surface area contributed by atoms with Gasteiger partial charge in [0.25, 0.3) is 0 Å². The third-order valence-corrected chi connectivity index (χ3v) is 1.35. The Morgan fingerprint density at radius 3 is 2.43 bits per heavy atom. The average molecular weight is 206 g/mol. The Bertz CT molecular complexity index is 322. The monoisotopic (exact) mass is 206 g/mol. The summed E-state index contributed by atoms with van der Waals surface area (Å²) in [4.78, 5) is 10.6. The fraction of sp³-hybridized carbons (Fsp3) is 0. The van der Waals surface area contributed by atoms with Crippen LogP contribution in [-0.4, -0.2) is 28.4 Å². The number of benzene rings is 1. The van der Waals surface area contributed by atoms with E-state index in [0.29, 0.717) is 0 Å². The first-order valence-electron chi connectivity index (χ1n) is 3.46. The van der Waals surface area contributed by atoms with E-state index in [9.17, 15) is 4.79 Å². The maximum absolute atomic E-state index is 10.6. The molecule has 1 aromatic carbocycles. The number of aromatic carboxylic acids is 1. The van der Waals surface area contributed by atoms with Crippen LogP contribution in [0.15, 0.2) is 24.3 Å². The summed E-state index contributed by atoms with van der Waals surface area (Å²) < 4.78 is 4.44. The van der Waals surface area contributed by atoms with Crippen LogP contribution in [0, 0.1) is 0 Å². The summed E-state index contributed by atoms with van der Waals surface area (Å²) in [6, 6.07) is 5.69. The van der Waals surface area contributed by atoms with Crippen molar-refractivity contribution in [3.8, 4) is 5.75 Å². The molecule has 0 aliphatic heterocycles. The minimum atomic E-state index is -2.01. The van der Waals surface area contributed by atoms with E-state index >= 15 is 0 Å². The van der Waals surface area contributed by atoms with E-state index in [2.05, 4.69) is 4.65 Å². The predicted molar refractivity (Wildman–Crippen MR) is 45.3 cm³/mol. The zero-order valence-corrected chi connectivity index (χ0v) is 9.54. The van der Waals surface area contributed by atoms with Crippen molar-refractivity contribution in [1.82, 2.24) is 0 Å². The third-order valence-electron chi connectivity index (χ3n) is 1.35. The van der Waals surface area contributed by atoms with Crippen molar-refractivity contribution in [3.63, 3.8) is 0 Å². The summed E-state index contributed by atoms with van der Waals surface area (Å²) in [5.74, 6) is -1.26. The Balaban J connectivity index is 0. The van der Waals surface area contributed by atoms with Crippen molar-refractivity contribution in [2.45, 2.75) is 0 Å². The normalized spacial score (nSPS) is 8.71. The molecular formula is C7H8BNaO5. The minimum absolute atomic E-state index is 0. The molecule has 14 heavy (non-hydrogen) atoms. The minimum Gasteiger partial charge on any atom is -1.00 e. The molecule has 7 heteroatoms. The van der Waals surface area contributed by atoms with Crippen LogP contribution in [-0.2, 0) is 0 Å².